The van der Waals surface area contributed by atoms with Gasteiger partial charge < -0.3 is 4.90 Å². The van der Waals surface area contributed by atoms with Gasteiger partial charge >= 0.3 is 0 Å². The largest absolute Gasteiger partial charge is 0.303 e. The molecule has 2 aliphatic rings. The van der Waals surface area contributed by atoms with Crippen molar-refractivity contribution in [1.29, 1.82) is 0 Å². The number of likely N-dealkylation sites (N-methyl/N-ethyl adjacent to an activating group) is 1. The lowest BCUT2D eigenvalue weighted by Crippen LogP contribution is -2.37. The highest BCUT2D eigenvalue weighted by atomic mass is 32.2. The Morgan fingerprint density at radius 3 is 2.21 bits per heavy atom. The summed E-state index contributed by atoms with van der Waals surface area (Å²) in [6.45, 7) is 6.84. The molecule has 2 aromatic rings. The molecule has 0 N–H and O–H groups in total. The van der Waals surface area contributed by atoms with Crippen molar-refractivity contribution < 1.29 is 8.42 Å². The van der Waals surface area contributed by atoms with Gasteiger partial charge in [-0.1, -0.05) is 48.5 Å². The number of likely N-dealkylation sites (tertiary alicyclic amines) is 1. The van der Waals surface area contributed by atoms with Gasteiger partial charge in [0, 0.05) is 45.5 Å². The van der Waals surface area contributed by atoms with Crippen molar-refractivity contribution >= 4 is 15.7 Å². The molecule has 0 bridgehead atoms. The van der Waals surface area contributed by atoms with Crippen molar-refractivity contribution in [2.45, 2.75) is 37.1 Å². The molecule has 0 saturated carbocycles. The van der Waals surface area contributed by atoms with E-state index in [0.29, 0.717) is 4.90 Å². The van der Waals surface area contributed by atoms with Crippen LogP contribution in [0.2, 0.25) is 0 Å². The molecule has 2 aromatic carbocycles. The Morgan fingerprint density at radius 2 is 1.59 bits per heavy atom. The molecular formula is C27H36N4O2S. The highest BCUT2D eigenvalue weighted by Crippen LogP contribution is 2.30. The highest BCUT2D eigenvalue weighted by Gasteiger charge is 2.30. The van der Waals surface area contributed by atoms with Gasteiger partial charge in [-0.15, -0.1) is 0 Å². The van der Waals surface area contributed by atoms with Crippen LogP contribution in [-0.4, -0.2) is 75.1 Å². The molecular weight excluding hydrogens is 444 g/mol. The number of sulfonamides is 1. The number of hydrogen-bond donors (Lipinski definition) is 0. The molecule has 0 spiro atoms. The molecule has 7 heteroatoms. The Morgan fingerprint density at radius 1 is 0.971 bits per heavy atom. The standard InChI is InChI=1S/C27H36N4O2S/c1-22-20-29(2)21-26(28-22)23-14-17-31(18-15-23)19-16-27(24-10-6-4-7-11-24)30(3)34(32,33)25-12-8-5-9-13-25/h4-13,27H,14-21H2,1-3H3. The molecule has 0 radical (unpaired) electrons. The first-order chi connectivity index (χ1) is 16.3. The van der Waals surface area contributed by atoms with E-state index in [4.69, 9.17) is 4.99 Å². The summed E-state index contributed by atoms with van der Waals surface area (Å²) in [5.41, 5.74) is 4.94. The van der Waals surface area contributed by atoms with Crippen LogP contribution >= 0.6 is 0 Å². The topological polar surface area (TPSA) is 56.2 Å². The van der Waals surface area contributed by atoms with Gasteiger partial charge in [-0.05, 0) is 56.5 Å². The molecule has 2 heterocycles. The number of aliphatic imine (C=N–C) groups is 1. The lowest BCUT2D eigenvalue weighted by atomic mass is 9.99. The van der Waals surface area contributed by atoms with Gasteiger partial charge in [-0.2, -0.15) is 4.31 Å². The number of rotatable bonds is 7. The second-order valence-corrected chi connectivity index (χ2v) is 11.5. The summed E-state index contributed by atoms with van der Waals surface area (Å²) >= 11 is 0. The van der Waals surface area contributed by atoms with Crippen LogP contribution in [0.1, 0.15) is 37.8 Å². The maximum Gasteiger partial charge on any atom is 0.243 e. The molecule has 2 aliphatic heterocycles. The quantitative estimate of drug-likeness (QED) is 0.596. The van der Waals surface area contributed by atoms with Crippen molar-refractivity contribution in [2.24, 2.45) is 4.99 Å². The first-order valence-electron chi connectivity index (χ1n) is 12.1. The first-order valence-corrected chi connectivity index (χ1v) is 13.5. The average molecular weight is 481 g/mol. The highest BCUT2D eigenvalue weighted by molar-refractivity contribution is 7.89. The van der Waals surface area contributed by atoms with Crippen LogP contribution in [0.15, 0.2) is 81.8 Å². The Labute approximate surface area is 204 Å². The summed E-state index contributed by atoms with van der Waals surface area (Å²) in [4.78, 5) is 9.96. The monoisotopic (exact) mass is 480 g/mol. The molecule has 1 saturated heterocycles. The lowest BCUT2D eigenvalue weighted by molar-refractivity contribution is 0.225. The van der Waals surface area contributed by atoms with Gasteiger partial charge in [-0.25, -0.2) is 8.42 Å². The minimum Gasteiger partial charge on any atom is -0.303 e. The van der Waals surface area contributed by atoms with Crippen LogP contribution in [0.4, 0.5) is 0 Å². The molecule has 0 aliphatic carbocycles. The molecule has 0 aromatic heterocycles. The molecule has 6 nitrogen and oxygen atoms in total. The summed E-state index contributed by atoms with van der Waals surface area (Å²) < 4.78 is 28.3. The zero-order valence-electron chi connectivity index (χ0n) is 20.5. The fourth-order valence-electron chi connectivity index (χ4n) is 4.99. The molecule has 1 unspecified atom stereocenters. The van der Waals surface area contributed by atoms with Crippen molar-refractivity contribution in [1.82, 2.24) is 14.1 Å². The second kappa shape index (κ2) is 11.0. The fraction of sp³-hybridized carbons (Fsp3) is 0.444. The minimum atomic E-state index is -3.59. The lowest BCUT2D eigenvalue weighted by Gasteiger charge is -2.34. The van der Waals surface area contributed by atoms with E-state index >= 15 is 0 Å². The Balaban J connectivity index is 1.45. The van der Waals surface area contributed by atoms with Crippen LogP contribution < -0.4 is 0 Å². The molecule has 34 heavy (non-hydrogen) atoms. The maximum atomic E-state index is 13.4. The third-order valence-electron chi connectivity index (χ3n) is 6.87. The van der Waals surface area contributed by atoms with Gasteiger partial charge in [0.15, 0.2) is 0 Å². The van der Waals surface area contributed by atoms with Crippen molar-refractivity contribution in [3.63, 3.8) is 0 Å². The van der Waals surface area contributed by atoms with E-state index in [9.17, 15) is 8.42 Å². The van der Waals surface area contributed by atoms with Crippen LogP contribution in [0.5, 0.6) is 0 Å². The van der Waals surface area contributed by atoms with E-state index in [1.54, 1.807) is 35.6 Å². The van der Waals surface area contributed by atoms with Gasteiger partial charge in [0.05, 0.1) is 16.6 Å². The number of piperidine rings is 1. The third-order valence-corrected chi connectivity index (χ3v) is 8.75. The van der Waals surface area contributed by atoms with Gasteiger partial charge in [0.1, 0.15) is 0 Å². The Bertz CT molecular complexity index is 1120. The average Bonchev–Trinajstić information content (AvgIpc) is 2.85. The van der Waals surface area contributed by atoms with Crippen molar-refractivity contribution in [3.05, 3.63) is 77.5 Å². The molecule has 0 amide bonds. The van der Waals surface area contributed by atoms with E-state index < -0.39 is 10.0 Å². The second-order valence-electron chi connectivity index (χ2n) is 9.46. The summed E-state index contributed by atoms with van der Waals surface area (Å²) in [7, 11) is 0.272. The van der Waals surface area contributed by atoms with Crippen LogP contribution in [0, 0.1) is 0 Å². The van der Waals surface area contributed by atoms with E-state index in [1.807, 2.05) is 36.4 Å². The van der Waals surface area contributed by atoms with E-state index in [1.165, 1.54) is 17.0 Å². The number of hydrogen-bond acceptors (Lipinski definition) is 5. The fourth-order valence-corrected chi connectivity index (χ4v) is 6.39. The van der Waals surface area contributed by atoms with Crippen molar-refractivity contribution in [2.75, 3.05) is 46.8 Å². The molecule has 4 rings (SSSR count). The molecule has 1 fully saturated rings. The smallest absolute Gasteiger partial charge is 0.243 e. The van der Waals surface area contributed by atoms with Gasteiger partial charge in [0.2, 0.25) is 10.0 Å². The number of nitrogens with zero attached hydrogens (tertiary/aromatic N) is 4. The van der Waals surface area contributed by atoms with Crippen LogP contribution in [0.3, 0.4) is 0 Å². The maximum absolute atomic E-state index is 13.4. The first kappa shape index (κ1) is 24.8. The SMILES string of the molecule is CC1=NC(=C2CCN(CCC(c3ccccc3)N(C)S(=O)(=O)c3ccccc3)CC2)CN(C)C1. The van der Waals surface area contributed by atoms with E-state index in [2.05, 4.69) is 23.8 Å². The minimum absolute atomic E-state index is 0.217. The summed E-state index contributed by atoms with van der Waals surface area (Å²) in [5, 5.41) is 0. The van der Waals surface area contributed by atoms with E-state index in [-0.39, 0.29) is 6.04 Å². The Kier molecular flexibility index (Phi) is 7.99. The van der Waals surface area contributed by atoms with Gasteiger partial charge in [0.25, 0.3) is 0 Å². The predicted molar refractivity (Wildman–Crippen MR) is 138 cm³/mol. The van der Waals surface area contributed by atoms with E-state index in [0.717, 1.165) is 57.5 Å². The van der Waals surface area contributed by atoms with Gasteiger partial charge in [-0.3, -0.25) is 9.89 Å². The van der Waals surface area contributed by atoms with Crippen LogP contribution in [0.25, 0.3) is 0 Å². The normalized spacial score (nSPS) is 19.4. The zero-order chi connectivity index (χ0) is 24.1. The summed E-state index contributed by atoms with van der Waals surface area (Å²) in [6.07, 6.45) is 2.82. The Hall–Kier alpha value is -2.32. The number of benzene rings is 2. The van der Waals surface area contributed by atoms with Crippen LogP contribution in [-0.2, 0) is 10.0 Å². The summed E-state index contributed by atoms with van der Waals surface area (Å²) in [6, 6.07) is 18.5. The third kappa shape index (κ3) is 5.84. The van der Waals surface area contributed by atoms with Crippen molar-refractivity contribution in [3.8, 4) is 0 Å². The molecule has 1 atom stereocenters. The summed E-state index contributed by atoms with van der Waals surface area (Å²) in [5.74, 6) is 0. The molecule has 182 valence electrons. The zero-order valence-corrected chi connectivity index (χ0v) is 21.3. The predicted octanol–water partition coefficient (Wildman–Crippen LogP) is 4.19.